The van der Waals surface area contributed by atoms with Crippen molar-refractivity contribution in [3.05, 3.63) is 12.2 Å². The van der Waals surface area contributed by atoms with Gasteiger partial charge >= 0.3 is 0 Å². The van der Waals surface area contributed by atoms with Crippen molar-refractivity contribution >= 4 is 5.91 Å². The van der Waals surface area contributed by atoms with E-state index >= 15 is 0 Å². The number of ether oxygens (including phenoxy) is 2. The molecule has 9 atom stereocenters. The lowest BCUT2D eigenvalue weighted by molar-refractivity contribution is -0.303. The Labute approximate surface area is 366 Å². The molecule has 8 N–H and O–H groups in total. The summed E-state index contributed by atoms with van der Waals surface area (Å²) in [7, 11) is 0. The van der Waals surface area contributed by atoms with Gasteiger partial charge in [-0.05, 0) is 38.5 Å². The van der Waals surface area contributed by atoms with E-state index in [9.17, 15) is 40.5 Å². The highest BCUT2D eigenvalue weighted by Crippen LogP contribution is 2.23. The summed E-state index contributed by atoms with van der Waals surface area (Å²) in [5.41, 5.74) is 0. The Kier molecular flexibility index (Phi) is 37.4. The Morgan fingerprint density at radius 3 is 1.40 bits per heavy atom. The average Bonchev–Trinajstić information content (AvgIpc) is 3.25. The molecule has 0 aromatic carbocycles. The fraction of sp³-hybridized carbons (Fsp3) is 0.939. The van der Waals surface area contributed by atoms with E-state index in [1.54, 1.807) is 0 Å². The van der Waals surface area contributed by atoms with Gasteiger partial charge < -0.3 is 50.5 Å². The summed E-state index contributed by atoms with van der Waals surface area (Å²) in [4.78, 5) is 13.1. The van der Waals surface area contributed by atoms with Gasteiger partial charge in [-0.25, -0.2) is 0 Å². The smallest absolute Gasteiger partial charge is 0.249 e. The van der Waals surface area contributed by atoms with E-state index in [-0.39, 0.29) is 6.42 Å². The maximum Gasteiger partial charge on any atom is 0.249 e. The number of aliphatic hydroxyl groups excluding tert-OH is 7. The largest absolute Gasteiger partial charge is 0.394 e. The summed E-state index contributed by atoms with van der Waals surface area (Å²) >= 11 is 0. The molecule has 0 saturated carbocycles. The maximum absolute atomic E-state index is 13.1. The van der Waals surface area contributed by atoms with Gasteiger partial charge in [-0.2, -0.15) is 0 Å². The van der Waals surface area contributed by atoms with Crippen molar-refractivity contribution in [1.29, 1.82) is 0 Å². The second kappa shape index (κ2) is 39.4. The van der Waals surface area contributed by atoms with Crippen molar-refractivity contribution in [2.45, 2.75) is 281 Å². The zero-order valence-corrected chi connectivity index (χ0v) is 38.5. The molecule has 0 aromatic heterocycles. The molecule has 1 saturated heterocycles. The highest BCUT2D eigenvalue weighted by Gasteiger charge is 2.44. The molecule has 1 fully saturated rings. The SMILES string of the molecule is CCCCCCCCCCCCCC/C=C\CCCCCCCCC(O)C(=O)NC(COC1OC(CO)C(O)C(O)C1O)C(O)C(O)CCCCCCCCCCCCC. The van der Waals surface area contributed by atoms with Crippen LogP contribution in [-0.4, -0.2) is 110 Å². The molecule has 1 heterocycles. The van der Waals surface area contributed by atoms with Crippen LogP contribution in [0.3, 0.4) is 0 Å². The quantitative estimate of drug-likeness (QED) is 0.0218. The molecule has 0 aromatic rings. The first kappa shape index (κ1) is 56.9. The number of rotatable bonds is 42. The van der Waals surface area contributed by atoms with E-state index < -0.39 is 74.2 Å². The summed E-state index contributed by atoms with van der Waals surface area (Å²) < 4.78 is 11.1. The van der Waals surface area contributed by atoms with Crippen LogP contribution in [0.2, 0.25) is 0 Å². The van der Waals surface area contributed by atoms with Crippen LogP contribution in [0.4, 0.5) is 0 Å². The van der Waals surface area contributed by atoms with E-state index in [1.807, 2.05) is 0 Å². The summed E-state index contributed by atoms with van der Waals surface area (Å²) in [5.74, 6) is -0.700. The third kappa shape index (κ3) is 28.5. The number of carbonyl (C=O) groups excluding carboxylic acids is 1. The molecule has 0 spiro atoms. The lowest BCUT2D eigenvalue weighted by atomic mass is 9.98. The van der Waals surface area contributed by atoms with E-state index in [0.717, 1.165) is 51.4 Å². The van der Waals surface area contributed by atoms with Crippen LogP contribution in [0.1, 0.15) is 226 Å². The predicted octanol–water partition coefficient (Wildman–Crippen LogP) is 8.84. The third-order valence-corrected chi connectivity index (χ3v) is 12.3. The zero-order valence-electron chi connectivity index (χ0n) is 38.5. The van der Waals surface area contributed by atoms with Crippen LogP contribution in [0, 0.1) is 0 Å². The van der Waals surface area contributed by atoms with Crippen molar-refractivity contribution in [2.24, 2.45) is 0 Å². The Hall–Kier alpha value is -1.15. The summed E-state index contributed by atoms with van der Waals surface area (Å²) in [5, 5.41) is 75.7. The van der Waals surface area contributed by atoms with Gasteiger partial charge in [0.1, 0.15) is 36.6 Å². The van der Waals surface area contributed by atoms with Gasteiger partial charge in [0.25, 0.3) is 0 Å². The van der Waals surface area contributed by atoms with Crippen molar-refractivity contribution < 1.29 is 50.0 Å². The molecule has 1 aliphatic rings. The minimum Gasteiger partial charge on any atom is -0.394 e. The van der Waals surface area contributed by atoms with Gasteiger partial charge in [0.2, 0.25) is 5.91 Å². The molecule has 1 aliphatic heterocycles. The monoisotopic (exact) mass is 858 g/mol. The molecular formula is C49H95NO10. The van der Waals surface area contributed by atoms with E-state index in [1.165, 1.54) is 135 Å². The van der Waals surface area contributed by atoms with Gasteiger partial charge in [0, 0.05) is 0 Å². The van der Waals surface area contributed by atoms with E-state index in [2.05, 4.69) is 31.3 Å². The van der Waals surface area contributed by atoms with Gasteiger partial charge in [-0.3, -0.25) is 4.79 Å². The van der Waals surface area contributed by atoms with Crippen molar-refractivity contribution in [1.82, 2.24) is 5.32 Å². The Balaban J connectivity index is 2.35. The first-order chi connectivity index (χ1) is 29.2. The first-order valence-corrected chi connectivity index (χ1v) is 25.1. The fourth-order valence-electron chi connectivity index (χ4n) is 8.14. The number of amides is 1. The number of aliphatic hydroxyl groups is 7. The molecule has 11 heteroatoms. The number of hydrogen-bond acceptors (Lipinski definition) is 10. The maximum atomic E-state index is 13.1. The van der Waals surface area contributed by atoms with Crippen molar-refractivity contribution in [2.75, 3.05) is 13.2 Å². The highest BCUT2D eigenvalue weighted by atomic mass is 16.7. The number of unbranched alkanes of at least 4 members (excludes halogenated alkanes) is 28. The summed E-state index contributed by atoms with van der Waals surface area (Å²) in [6.07, 6.45) is 31.2. The Morgan fingerprint density at radius 2 is 0.967 bits per heavy atom. The number of allylic oxidation sites excluding steroid dienone is 2. The number of nitrogens with one attached hydrogen (secondary N) is 1. The van der Waals surface area contributed by atoms with Crippen LogP contribution < -0.4 is 5.32 Å². The minimum atomic E-state index is -1.66. The Morgan fingerprint density at radius 1 is 0.567 bits per heavy atom. The minimum absolute atomic E-state index is 0.255. The van der Waals surface area contributed by atoms with Crippen LogP contribution in [0.15, 0.2) is 12.2 Å². The molecule has 0 radical (unpaired) electrons. The van der Waals surface area contributed by atoms with Gasteiger partial charge in [-0.1, -0.05) is 199 Å². The molecule has 60 heavy (non-hydrogen) atoms. The lowest BCUT2D eigenvalue weighted by Crippen LogP contribution is -2.60. The highest BCUT2D eigenvalue weighted by molar-refractivity contribution is 5.80. The van der Waals surface area contributed by atoms with Crippen molar-refractivity contribution in [3.63, 3.8) is 0 Å². The molecule has 0 aliphatic carbocycles. The predicted molar refractivity (Wildman–Crippen MR) is 243 cm³/mol. The van der Waals surface area contributed by atoms with Crippen LogP contribution >= 0.6 is 0 Å². The van der Waals surface area contributed by atoms with Crippen molar-refractivity contribution in [3.8, 4) is 0 Å². The van der Waals surface area contributed by atoms with E-state index in [4.69, 9.17) is 9.47 Å². The number of hydrogen-bond donors (Lipinski definition) is 8. The number of carbonyl (C=O) groups is 1. The zero-order chi connectivity index (χ0) is 44.1. The summed E-state index contributed by atoms with van der Waals surface area (Å²) in [6, 6.07) is -1.17. The second-order valence-electron chi connectivity index (χ2n) is 17.9. The molecular weight excluding hydrogens is 763 g/mol. The van der Waals surface area contributed by atoms with Crippen LogP contribution in [-0.2, 0) is 14.3 Å². The molecule has 1 amide bonds. The average molecular weight is 858 g/mol. The van der Waals surface area contributed by atoms with E-state index in [0.29, 0.717) is 19.3 Å². The topological polar surface area (TPSA) is 189 Å². The van der Waals surface area contributed by atoms with Gasteiger partial charge in [0.15, 0.2) is 6.29 Å². The molecule has 9 unspecified atom stereocenters. The van der Waals surface area contributed by atoms with Crippen LogP contribution in [0.25, 0.3) is 0 Å². The normalized spacial score (nSPS) is 21.6. The fourth-order valence-corrected chi connectivity index (χ4v) is 8.14. The summed E-state index contributed by atoms with van der Waals surface area (Å²) in [6.45, 7) is 3.44. The first-order valence-electron chi connectivity index (χ1n) is 25.1. The second-order valence-corrected chi connectivity index (χ2v) is 17.9. The third-order valence-electron chi connectivity index (χ3n) is 12.3. The molecule has 11 nitrogen and oxygen atoms in total. The van der Waals surface area contributed by atoms with Gasteiger partial charge in [0.05, 0.1) is 25.4 Å². The molecule has 356 valence electrons. The standard InChI is InChI=1S/C49H95NO10/c1-3-5-7-9-11-13-15-16-17-18-19-20-21-22-23-24-25-27-29-31-33-35-37-42(53)48(58)50-40(39-59-49-47(57)46(56)45(55)43(38-51)60-49)44(54)41(52)36-34-32-30-28-26-14-12-10-8-6-4-2/h22-23,40-47,49,51-57H,3-21,24-39H2,1-2H3,(H,50,58)/b23-22-. The lowest BCUT2D eigenvalue weighted by Gasteiger charge is -2.40. The Bertz CT molecular complexity index is 986. The van der Waals surface area contributed by atoms with Gasteiger partial charge in [-0.15, -0.1) is 0 Å². The molecule has 0 bridgehead atoms. The molecule has 1 rings (SSSR count). The van der Waals surface area contributed by atoms with Crippen LogP contribution in [0.5, 0.6) is 0 Å².